The number of nitrogens with zero attached hydrogens (tertiary/aromatic N) is 3. The standard InChI is InChI=1S/C18H25N5O2.ClH/c1-3-13-4-6-14(7-5-13)15-11-20-8-9-23(15)12-18-21-16(22-25-18)10-17(24)19-2;/h4-7,15,20H,3,8-12H2,1-2H3,(H,19,24);1H. The summed E-state index contributed by atoms with van der Waals surface area (Å²) in [6.45, 7) is 5.49. The molecule has 7 nitrogen and oxygen atoms in total. The lowest BCUT2D eigenvalue weighted by molar-refractivity contribution is -0.120. The van der Waals surface area contributed by atoms with Crippen LogP contribution in [0.15, 0.2) is 28.8 Å². The number of carbonyl (C=O) groups excluding carboxylic acids is 1. The summed E-state index contributed by atoms with van der Waals surface area (Å²) in [6.07, 6.45) is 1.19. The van der Waals surface area contributed by atoms with Crippen LogP contribution in [0.2, 0.25) is 0 Å². The van der Waals surface area contributed by atoms with Gasteiger partial charge in [-0.1, -0.05) is 36.3 Å². The van der Waals surface area contributed by atoms with Gasteiger partial charge in [0.2, 0.25) is 11.8 Å². The molecule has 1 fully saturated rings. The van der Waals surface area contributed by atoms with Crippen molar-refractivity contribution in [1.29, 1.82) is 0 Å². The van der Waals surface area contributed by atoms with E-state index in [-0.39, 0.29) is 30.8 Å². The Balaban J connectivity index is 0.00000243. The number of piperazine rings is 1. The lowest BCUT2D eigenvalue weighted by Gasteiger charge is -2.35. The number of aromatic nitrogens is 2. The fraction of sp³-hybridized carbons (Fsp3) is 0.500. The molecule has 1 aromatic carbocycles. The molecule has 0 bridgehead atoms. The highest BCUT2D eigenvalue weighted by Crippen LogP contribution is 2.24. The lowest BCUT2D eigenvalue weighted by atomic mass is 10.0. The maximum absolute atomic E-state index is 11.4. The Kier molecular flexibility index (Phi) is 7.56. The summed E-state index contributed by atoms with van der Waals surface area (Å²) < 4.78 is 5.33. The number of hydrogen-bond acceptors (Lipinski definition) is 6. The van der Waals surface area contributed by atoms with E-state index in [0.717, 1.165) is 26.1 Å². The van der Waals surface area contributed by atoms with Crippen LogP contribution in [0.5, 0.6) is 0 Å². The van der Waals surface area contributed by atoms with E-state index in [4.69, 9.17) is 4.52 Å². The van der Waals surface area contributed by atoms with Crippen molar-refractivity contribution in [2.24, 2.45) is 0 Å². The summed E-state index contributed by atoms with van der Waals surface area (Å²) in [4.78, 5) is 18.1. The molecule has 1 unspecified atom stereocenters. The van der Waals surface area contributed by atoms with E-state index < -0.39 is 0 Å². The quantitative estimate of drug-likeness (QED) is 0.791. The van der Waals surface area contributed by atoms with Crippen LogP contribution >= 0.6 is 12.4 Å². The van der Waals surface area contributed by atoms with Gasteiger partial charge in [0.05, 0.1) is 13.0 Å². The van der Waals surface area contributed by atoms with Gasteiger partial charge >= 0.3 is 0 Å². The molecule has 2 heterocycles. The van der Waals surface area contributed by atoms with E-state index in [2.05, 4.69) is 56.9 Å². The highest BCUT2D eigenvalue weighted by Gasteiger charge is 2.25. The van der Waals surface area contributed by atoms with Crippen LogP contribution in [-0.2, 0) is 24.2 Å². The molecule has 1 atom stereocenters. The van der Waals surface area contributed by atoms with E-state index in [1.165, 1.54) is 11.1 Å². The van der Waals surface area contributed by atoms with Crippen molar-refractivity contribution in [2.45, 2.75) is 32.4 Å². The zero-order valence-electron chi connectivity index (χ0n) is 15.2. The van der Waals surface area contributed by atoms with Crippen LogP contribution in [0.4, 0.5) is 0 Å². The topological polar surface area (TPSA) is 83.3 Å². The summed E-state index contributed by atoms with van der Waals surface area (Å²) in [5.41, 5.74) is 2.63. The fourth-order valence-electron chi connectivity index (χ4n) is 3.07. The number of hydrogen-bond donors (Lipinski definition) is 2. The van der Waals surface area contributed by atoms with Gasteiger partial charge in [0, 0.05) is 32.7 Å². The second-order valence-corrected chi connectivity index (χ2v) is 6.24. The zero-order valence-corrected chi connectivity index (χ0v) is 16.0. The molecule has 8 heteroatoms. The van der Waals surface area contributed by atoms with Gasteiger partial charge in [0.25, 0.3) is 0 Å². The first-order chi connectivity index (χ1) is 12.2. The first-order valence-electron chi connectivity index (χ1n) is 8.75. The lowest BCUT2D eigenvalue weighted by Crippen LogP contribution is -2.45. The Bertz CT molecular complexity index is 704. The molecule has 1 aromatic heterocycles. The Morgan fingerprint density at radius 1 is 1.38 bits per heavy atom. The van der Waals surface area contributed by atoms with Crippen LogP contribution in [0.25, 0.3) is 0 Å². The molecule has 26 heavy (non-hydrogen) atoms. The van der Waals surface area contributed by atoms with Crippen molar-refractivity contribution in [2.75, 3.05) is 26.7 Å². The summed E-state index contributed by atoms with van der Waals surface area (Å²) in [6, 6.07) is 9.06. The number of amides is 1. The van der Waals surface area contributed by atoms with Crippen LogP contribution in [0.1, 0.15) is 35.8 Å². The maximum Gasteiger partial charge on any atom is 0.240 e. The first kappa shape index (κ1) is 20.4. The van der Waals surface area contributed by atoms with E-state index in [1.807, 2.05) is 0 Å². The molecule has 0 saturated carbocycles. The van der Waals surface area contributed by atoms with Gasteiger partial charge in [-0.25, -0.2) is 0 Å². The first-order valence-corrected chi connectivity index (χ1v) is 8.75. The van der Waals surface area contributed by atoms with Crippen LogP contribution in [0.3, 0.4) is 0 Å². The van der Waals surface area contributed by atoms with Gasteiger partial charge in [-0.15, -0.1) is 12.4 Å². The van der Waals surface area contributed by atoms with Crippen molar-refractivity contribution < 1.29 is 9.32 Å². The Hall–Kier alpha value is -1.96. The van der Waals surface area contributed by atoms with Crippen LogP contribution < -0.4 is 10.6 Å². The molecule has 0 aliphatic carbocycles. The average Bonchev–Trinajstić information content (AvgIpc) is 3.09. The number of carbonyl (C=O) groups is 1. The minimum absolute atomic E-state index is 0. The Morgan fingerprint density at radius 2 is 2.15 bits per heavy atom. The third-order valence-electron chi connectivity index (χ3n) is 4.57. The molecule has 1 amide bonds. The minimum Gasteiger partial charge on any atom is -0.359 e. The third kappa shape index (κ3) is 5.03. The van der Waals surface area contributed by atoms with E-state index in [0.29, 0.717) is 18.3 Å². The molecular weight excluding hydrogens is 354 g/mol. The molecule has 142 valence electrons. The SMILES string of the molecule is CCc1ccc(C2CNCCN2Cc2nc(CC(=O)NC)no2)cc1.Cl. The third-order valence-corrected chi connectivity index (χ3v) is 4.57. The van der Waals surface area contributed by atoms with Crippen molar-refractivity contribution in [3.05, 3.63) is 47.1 Å². The van der Waals surface area contributed by atoms with E-state index in [9.17, 15) is 4.79 Å². The molecule has 1 aliphatic rings. The normalized spacial score (nSPS) is 17.5. The molecule has 1 aliphatic heterocycles. The van der Waals surface area contributed by atoms with Crippen LogP contribution in [-0.4, -0.2) is 47.6 Å². The number of nitrogens with one attached hydrogen (secondary N) is 2. The highest BCUT2D eigenvalue weighted by molar-refractivity contribution is 5.85. The molecule has 2 aromatic rings. The molecule has 0 radical (unpaired) electrons. The summed E-state index contributed by atoms with van der Waals surface area (Å²) in [7, 11) is 1.60. The zero-order chi connectivity index (χ0) is 17.6. The van der Waals surface area contributed by atoms with E-state index in [1.54, 1.807) is 7.05 Å². The Labute approximate surface area is 159 Å². The minimum atomic E-state index is -0.122. The maximum atomic E-state index is 11.4. The molecule has 0 spiro atoms. The number of aryl methyl sites for hydroxylation is 1. The predicted molar refractivity (Wildman–Crippen MR) is 101 cm³/mol. The van der Waals surface area contributed by atoms with Crippen molar-refractivity contribution >= 4 is 18.3 Å². The molecule has 1 saturated heterocycles. The fourth-order valence-corrected chi connectivity index (χ4v) is 3.07. The summed E-state index contributed by atoms with van der Waals surface area (Å²) in [5.74, 6) is 0.854. The van der Waals surface area contributed by atoms with Gasteiger partial charge < -0.3 is 15.2 Å². The molecule has 2 N–H and O–H groups in total. The van der Waals surface area contributed by atoms with Crippen molar-refractivity contribution in [1.82, 2.24) is 25.7 Å². The largest absolute Gasteiger partial charge is 0.359 e. The smallest absolute Gasteiger partial charge is 0.240 e. The van der Waals surface area contributed by atoms with Crippen molar-refractivity contribution in [3.8, 4) is 0 Å². The monoisotopic (exact) mass is 379 g/mol. The van der Waals surface area contributed by atoms with Gasteiger partial charge in [0.15, 0.2) is 5.82 Å². The van der Waals surface area contributed by atoms with Gasteiger partial charge in [-0.2, -0.15) is 4.98 Å². The van der Waals surface area contributed by atoms with Crippen molar-refractivity contribution in [3.63, 3.8) is 0 Å². The average molecular weight is 380 g/mol. The molecular formula is C18H26ClN5O2. The summed E-state index contributed by atoms with van der Waals surface area (Å²) >= 11 is 0. The molecule has 3 rings (SSSR count). The Morgan fingerprint density at radius 3 is 2.85 bits per heavy atom. The second-order valence-electron chi connectivity index (χ2n) is 6.24. The van der Waals surface area contributed by atoms with Gasteiger partial charge in [-0.05, 0) is 17.5 Å². The van der Waals surface area contributed by atoms with Gasteiger partial charge in [-0.3, -0.25) is 9.69 Å². The van der Waals surface area contributed by atoms with E-state index >= 15 is 0 Å². The second kappa shape index (κ2) is 9.66. The predicted octanol–water partition coefficient (Wildman–Crippen LogP) is 1.49. The summed E-state index contributed by atoms with van der Waals surface area (Å²) in [5, 5.41) is 9.92. The number of benzene rings is 1. The number of likely N-dealkylation sites (N-methyl/N-ethyl adjacent to an activating group) is 1. The number of rotatable bonds is 6. The van der Waals surface area contributed by atoms with Crippen LogP contribution in [0, 0.1) is 0 Å². The number of halogens is 1. The van der Waals surface area contributed by atoms with Gasteiger partial charge in [0.1, 0.15) is 0 Å². The highest BCUT2D eigenvalue weighted by atomic mass is 35.5.